The molecule has 0 aliphatic rings. The smallest absolute Gasteiger partial charge is 0.358 e. The van der Waals surface area contributed by atoms with Crippen LogP contribution < -0.4 is 0 Å². The van der Waals surface area contributed by atoms with Crippen LogP contribution in [0.2, 0.25) is 0 Å². The summed E-state index contributed by atoms with van der Waals surface area (Å²) in [6.45, 7) is 1.31. The van der Waals surface area contributed by atoms with Gasteiger partial charge < -0.3 is 10.1 Å². The second kappa shape index (κ2) is 3.08. The Bertz CT molecular complexity index is 306. The van der Waals surface area contributed by atoms with Crippen molar-refractivity contribution in [2.24, 2.45) is 0 Å². The number of hydrogen-bond acceptors (Lipinski definition) is 4. The Morgan fingerprint density at radius 2 is 2.25 bits per heavy atom. The summed E-state index contributed by atoms with van der Waals surface area (Å²) in [6, 6.07) is 4.11. The molecule has 0 aromatic carbocycles. The van der Waals surface area contributed by atoms with Gasteiger partial charge in [-0.15, -0.1) is 0 Å². The van der Waals surface area contributed by atoms with Gasteiger partial charge in [-0.1, -0.05) is 0 Å². The first-order chi connectivity index (χ1) is 5.61. The Morgan fingerprint density at radius 1 is 1.58 bits per heavy atom. The third kappa shape index (κ3) is 1.63. The molecule has 12 heavy (non-hydrogen) atoms. The zero-order valence-electron chi connectivity index (χ0n) is 6.35. The van der Waals surface area contributed by atoms with Crippen LogP contribution in [0.25, 0.3) is 0 Å². The van der Waals surface area contributed by atoms with Gasteiger partial charge in [0.2, 0.25) is 11.5 Å². The molecule has 0 saturated heterocycles. The Kier molecular flexibility index (Phi) is 2.14. The fourth-order valence-corrected chi connectivity index (χ4v) is 0.721. The highest BCUT2D eigenvalue weighted by Crippen LogP contribution is 2.07. The fourth-order valence-electron chi connectivity index (χ4n) is 0.721. The van der Waals surface area contributed by atoms with Gasteiger partial charge in [0, 0.05) is 13.0 Å². The molecular weight excluding hydrogens is 160 g/mol. The van der Waals surface area contributed by atoms with Crippen molar-refractivity contribution in [2.45, 2.75) is 6.92 Å². The summed E-state index contributed by atoms with van der Waals surface area (Å²) in [6.07, 6.45) is 0. The lowest BCUT2D eigenvalue weighted by molar-refractivity contribution is -0.389. The molecule has 0 fully saturated rings. The van der Waals surface area contributed by atoms with Gasteiger partial charge in [0.15, 0.2) is 0 Å². The number of pyridine rings is 1. The summed E-state index contributed by atoms with van der Waals surface area (Å²) in [4.78, 5) is 23.8. The highest BCUT2D eigenvalue weighted by Gasteiger charge is 2.11. The van der Waals surface area contributed by atoms with Crippen molar-refractivity contribution in [2.75, 3.05) is 0 Å². The van der Waals surface area contributed by atoms with E-state index in [2.05, 4.69) is 4.98 Å². The third-order valence-corrected chi connectivity index (χ3v) is 1.28. The number of carbonyl (C=O) groups is 1. The van der Waals surface area contributed by atoms with E-state index >= 15 is 0 Å². The van der Waals surface area contributed by atoms with Crippen LogP contribution in [0.15, 0.2) is 18.2 Å². The monoisotopic (exact) mass is 166 g/mol. The molecular formula is C7H6N2O3. The number of carbonyl (C=O) groups excluding carboxylic acids is 1. The van der Waals surface area contributed by atoms with Crippen LogP contribution in [0, 0.1) is 10.1 Å². The molecule has 1 rings (SSSR count). The maximum atomic E-state index is 10.7. The minimum atomic E-state index is -0.632. The molecule has 0 N–H and O–H groups in total. The van der Waals surface area contributed by atoms with Crippen molar-refractivity contribution in [1.29, 1.82) is 0 Å². The zero-order valence-corrected chi connectivity index (χ0v) is 6.35. The second-order valence-electron chi connectivity index (χ2n) is 2.19. The van der Waals surface area contributed by atoms with E-state index in [0.29, 0.717) is 0 Å². The summed E-state index contributed by atoms with van der Waals surface area (Å²) in [5.74, 6) is -0.582. The van der Waals surface area contributed by atoms with E-state index < -0.39 is 4.92 Å². The van der Waals surface area contributed by atoms with Crippen LogP contribution in [-0.2, 0) is 0 Å². The largest absolute Gasteiger partial charge is 0.364 e. The van der Waals surface area contributed by atoms with Gasteiger partial charge in [0.05, 0.1) is 0 Å². The molecule has 0 amide bonds. The van der Waals surface area contributed by atoms with E-state index in [9.17, 15) is 14.9 Å². The SMILES string of the molecule is CC(=O)c1cccc([N+](=O)[O-])n1. The van der Waals surface area contributed by atoms with Gasteiger partial charge in [0.25, 0.3) is 0 Å². The van der Waals surface area contributed by atoms with Gasteiger partial charge >= 0.3 is 5.82 Å². The molecule has 0 unspecified atom stereocenters. The number of nitro groups is 1. The number of hydrogen-bond donors (Lipinski definition) is 0. The quantitative estimate of drug-likeness (QED) is 0.375. The first-order valence-corrected chi connectivity index (χ1v) is 3.23. The highest BCUT2D eigenvalue weighted by molar-refractivity contribution is 5.92. The third-order valence-electron chi connectivity index (χ3n) is 1.28. The minimum absolute atomic E-state index is 0.115. The van der Waals surface area contributed by atoms with E-state index in [-0.39, 0.29) is 17.3 Å². The number of aromatic nitrogens is 1. The molecule has 1 aromatic heterocycles. The molecule has 1 heterocycles. The molecule has 0 saturated carbocycles. The molecule has 5 heteroatoms. The summed E-state index contributed by atoms with van der Waals surface area (Å²) in [5, 5.41) is 10.2. The van der Waals surface area contributed by atoms with Gasteiger partial charge in [0.1, 0.15) is 0 Å². The number of ketones is 1. The number of rotatable bonds is 2. The lowest BCUT2D eigenvalue weighted by Crippen LogP contribution is -1.99. The summed E-state index contributed by atoms with van der Waals surface area (Å²) < 4.78 is 0. The molecule has 5 nitrogen and oxygen atoms in total. The van der Waals surface area contributed by atoms with Crippen molar-refractivity contribution in [3.8, 4) is 0 Å². The predicted octanol–water partition coefficient (Wildman–Crippen LogP) is 1.19. The lowest BCUT2D eigenvalue weighted by atomic mass is 10.3. The van der Waals surface area contributed by atoms with Gasteiger partial charge in [-0.05, 0) is 22.0 Å². The standard InChI is InChI=1S/C7H6N2O3/c1-5(10)6-3-2-4-7(8-6)9(11)12/h2-4H,1H3. The van der Waals surface area contributed by atoms with Crippen LogP contribution in [0.4, 0.5) is 5.82 Å². The van der Waals surface area contributed by atoms with Gasteiger partial charge in [-0.2, -0.15) is 0 Å². The maximum absolute atomic E-state index is 10.7. The minimum Gasteiger partial charge on any atom is -0.358 e. The van der Waals surface area contributed by atoms with E-state index in [1.165, 1.54) is 25.1 Å². The predicted molar refractivity (Wildman–Crippen MR) is 40.9 cm³/mol. The van der Waals surface area contributed by atoms with E-state index in [4.69, 9.17) is 0 Å². The molecule has 0 radical (unpaired) electrons. The van der Waals surface area contributed by atoms with Crippen molar-refractivity contribution >= 4 is 11.6 Å². The number of nitrogens with zero attached hydrogens (tertiary/aromatic N) is 2. The first-order valence-electron chi connectivity index (χ1n) is 3.23. The molecule has 0 aliphatic heterocycles. The van der Waals surface area contributed by atoms with Crippen LogP contribution in [0.3, 0.4) is 0 Å². The normalized spacial score (nSPS) is 9.42. The molecule has 0 spiro atoms. The Labute approximate surface area is 68.2 Å². The molecule has 62 valence electrons. The lowest BCUT2D eigenvalue weighted by Gasteiger charge is -1.91. The molecule has 0 bridgehead atoms. The Balaban J connectivity index is 3.12. The zero-order chi connectivity index (χ0) is 9.14. The van der Waals surface area contributed by atoms with Crippen molar-refractivity contribution in [3.63, 3.8) is 0 Å². The molecule has 0 aliphatic carbocycles. The second-order valence-corrected chi connectivity index (χ2v) is 2.19. The summed E-state index contributed by atoms with van der Waals surface area (Å²) in [7, 11) is 0. The van der Waals surface area contributed by atoms with Gasteiger partial charge in [-0.25, -0.2) is 0 Å². The van der Waals surface area contributed by atoms with Crippen LogP contribution >= 0.6 is 0 Å². The first kappa shape index (κ1) is 8.32. The molecule has 0 atom stereocenters. The topological polar surface area (TPSA) is 73.1 Å². The Hall–Kier alpha value is -1.78. The Morgan fingerprint density at radius 3 is 2.75 bits per heavy atom. The fraction of sp³-hybridized carbons (Fsp3) is 0.143. The average Bonchev–Trinajstić information content (AvgIpc) is 2.04. The summed E-state index contributed by atoms with van der Waals surface area (Å²) in [5.41, 5.74) is 0.115. The summed E-state index contributed by atoms with van der Waals surface area (Å²) >= 11 is 0. The van der Waals surface area contributed by atoms with E-state index in [1.807, 2.05) is 0 Å². The van der Waals surface area contributed by atoms with E-state index in [0.717, 1.165) is 0 Å². The highest BCUT2D eigenvalue weighted by atomic mass is 16.6. The van der Waals surface area contributed by atoms with Crippen LogP contribution in [0.1, 0.15) is 17.4 Å². The average molecular weight is 166 g/mol. The van der Waals surface area contributed by atoms with E-state index in [1.54, 1.807) is 0 Å². The van der Waals surface area contributed by atoms with Crippen LogP contribution in [0.5, 0.6) is 0 Å². The van der Waals surface area contributed by atoms with Gasteiger partial charge in [-0.3, -0.25) is 4.79 Å². The van der Waals surface area contributed by atoms with Crippen molar-refractivity contribution in [1.82, 2.24) is 4.98 Å². The number of Topliss-reactive ketones (excluding diaryl/α,β-unsaturated/α-hetero) is 1. The van der Waals surface area contributed by atoms with Crippen LogP contribution in [-0.4, -0.2) is 15.7 Å². The maximum Gasteiger partial charge on any atom is 0.364 e. The van der Waals surface area contributed by atoms with Crippen molar-refractivity contribution < 1.29 is 9.72 Å². The molecule has 1 aromatic rings. The van der Waals surface area contributed by atoms with Crippen molar-refractivity contribution in [3.05, 3.63) is 34.0 Å².